The second-order valence-corrected chi connectivity index (χ2v) is 9.50. The molecule has 0 saturated carbocycles. The van der Waals surface area contributed by atoms with Crippen LogP contribution >= 0.6 is 0 Å². The van der Waals surface area contributed by atoms with E-state index in [4.69, 9.17) is 9.47 Å². The Kier molecular flexibility index (Phi) is 8.07. The standard InChI is InChI=1S/C34H31N3O3/c1-24-8-7-9-27(20-24)23-40-32-19-13-26(21-33(32)39-3)22-35-36-34(38)29-14-16-30(17-15-29)37-25(2)12-18-31(37)28-10-5-4-6-11-28/h4-22H,23H2,1-3H3,(H,36,38)/b35-22+. The molecule has 0 radical (unpaired) electrons. The second kappa shape index (κ2) is 12.2. The van der Waals surface area contributed by atoms with E-state index in [1.54, 1.807) is 25.5 Å². The first kappa shape index (κ1) is 26.5. The monoisotopic (exact) mass is 529 g/mol. The molecule has 0 spiro atoms. The Balaban J connectivity index is 1.22. The lowest BCUT2D eigenvalue weighted by molar-refractivity contribution is 0.0955. The van der Waals surface area contributed by atoms with Crippen LogP contribution in [0, 0.1) is 13.8 Å². The maximum absolute atomic E-state index is 12.7. The fraction of sp³-hybridized carbons (Fsp3) is 0.118. The lowest BCUT2D eigenvalue weighted by Crippen LogP contribution is -2.17. The minimum absolute atomic E-state index is 0.291. The maximum atomic E-state index is 12.7. The van der Waals surface area contributed by atoms with E-state index in [0.29, 0.717) is 23.7 Å². The minimum atomic E-state index is -0.291. The van der Waals surface area contributed by atoms with E-state index in [0.717, 1.165) is 33.8 Å². The number of nitrogens with one attached hydrogen (secondary N) is 1. The van der Waals surface area contributed by atoms with E-state index in [2.05, 4.69) is 65.3 Å². The van der Waals surface area contributed by atoms with Crippen molar-refractivity contribution in [2.45, 2.75) is 20.5 Å². The quantitative estimate of drug-likeness (QED) is 0.163. The van der Waals surface area contributed by atoms with Gasteiger partial charge in [0, 0.05) is 16.9 Å². The van der Waals surface area contributed by atoms with E-state index in [1.807, 2.05) is 60.7 Å². The fourth-order valence-electron chi connectivity index (χ4n) is 4.55. The summed E-state index contributed by atoms with van der Waals surface area (Å²) in [4.78, 5) is 12.7. The van der Waals surface area contributed by atoms with Gasteiger partial charge in [-0.15, -0.1) is 0 Å². The summed E-state index contributed by atoms with van der Waals surface area (Å²) in [5.41, 5.74) is 10.5. The van der Waals surface area contributed by atoms with E-state index < -0.39 is 0 Å². The highest BCUT2D eigenvalue weighted by atomic mass is 16.5. The van der Waals surface area contributed by atoms with Crippen LogP contribution in [0.25, 0.3) is 16.9 Å². The molecule has 1 heterocycles. The smallest absolute Gasteiger partial charge is 0.271 e. The Labute approximate surface area is 234 Å². The summed E-state index contributed by atoms with van der Waals surface area (Å²) in [7, 11) is 1.60. The largest absolute Gasteiger partial charge is 0.493 e. The number of aromatic nitrogens is 1. The van der Waals surface area contributed by atoms with Crippen LogP contribution in [0.15, 0.2) is 114 Å². The van der Waals surface area contributed by atoms with Crippen LogP contribution in [-0.2, 0) is 6.61 Å². The van der Waals surface area contributed by atoms with Crippen LogP contribution in [0.3, 0.4) is 0 Å². The molecular formula is C34H31N3O3. The number of nitrogens with zero attached hydrogens (tertiary/aromatic N) is 2. The van der Waals surface area contributed by atoms with Crippen molar-refractivity contribution in [1.29, 1.82) is 0 Å². The number of ether oxygens (including phenoxy) is 2. The van der Waals surface area contributed by atoms with Gasteiger partial charge in [0.15, 0.2) is 11.5 Å². The summed E-state index contributed by atoms with van der Waals surface area (Å²) in [5, 5.41) is 4.14. The molecule has 1 amide bonds. The molecule has 5 aromatic rings. The van der Waals surface area contributed by atoms with Gasteiger partial charge in [-0.1, -0.05) is 60.2 Å². The summed E-state index contributed by atoms with van der Waals surface area (Å²) in [6.07, 6.45) is 1.58. The third-order valence-electron chi connectivity index (χ3n) is 6.58. The lowest BCUT2D eigenvalue weighted by atomic mass is 10.1. The summed E-state index contributed by atoms with van der Waals surface area (Å²) in [6.45, 7) is 4.57. The Hall–Kier alpha value is -5.10. The highest BCUT2D eigenvalue weighted by molar-refractivity contribution is 5.95. The highest BCUT2D eigenvalue weighted by Crippen LogP contribution is 2.29. The topological polar surface area (TPSA) is 64.8 Å². The third kappa shape index (κ3) is 6.13. The maximum Gasteiger partial charge on any atom is 0.271 e. The molecule has 6 nitrogen and oxygen atoms in total. The van der Waals surface area contributed by atoms with Crippen molar-refractivity contribution in [2.24, 2.45) is 5.10 Å². The van der Waals surface area contributed by atoms with Gasteiger partial charge in [-0.2, -0.15) is 5.10 Å². The molecule has 0 fully saturated rings. The zero-order chi connectivity index (χ0) is 27.9. The molecule has 0 aliphatic rings. The Morgan fingerprint density at radius 2 is 1.65 bits per heavy atom. The average molecular weight is 530 g/mol. The predicted octanol–water partition coefficient (Wildman–Crippen LogP) is 7.11. The minimum Gasteiger partial charge on any atom is -0.493 e. The van der Waals surface area contributed by atoms with Gasteiger partial charge in [-0.3, -0.25) is 4.79 Å². The van der Waals surface area contributed by atoms with Gasteiger partial charge in [0.05, 0.1) is 19.0 Å². The van der Waals surface area contributed by atoms with Crippen molar-refractivity contribution in [1.82, 2.24) is 9.99 Å². The molecular weight excluding hydrogens is 498 g/mol. The van der Waals surface area contributed by atoms with Crippen LogP contribution in [0.2, 0.25) is 0 Å². The number of aryl methyl sites for hydroxylation is 2. The molecule has 0 unspecified atom stereocenters. The van der Waals surface area contributed by atoms with Crippen LogP contribution in [-0.4, -0.2) is 23.8 Å². The molecule has 5 rings (SSSR count). The Bertz CT molecular complexity index is 1640. The van der Waals surface area contributed by atoms with E-state index in [-0.39, 0.29) is 5.91 Å². The molecule has 6 heteroatoms. The highest BCUT2D eigenvalue weighted by Gasteiger charge is 2.11. The second-order valence-electron chi connectivity index (χ2n) is 9.50. The van der Waals surface area contributed by atoms with Gasteiger partial charge in [0.1, 0.15) is 6.61 Å². The summed E-state index contributed by atoms with van der Waals surface area (Å²) in [6, 6.07) is 35.6. The number of hydrogen-bond acceptors (Lipinski definition) is 4. The zero-order valence-corrected chi connectivity index (χ0v) is 22.8. The molecule has 1 N–H and O–H groups in total. The van der Waals surface area contributed by atoms with Crippen molar-refractivity contribution < 1.29 is 14.3 Å². The lowest BCUT2D eigenvalue weighted by Gasteiger charge is -2.13. The first-order chi connectivity index (χ1) is 19.5. The van der Waals surface area contributed by atoms with E-state index in [9.17, 15) is 4.79 Å². The van der Waals surface area contributed by atoms with Crippen molar-refractivity contribution in [3.8, 4) is 28.4 Å². The van der Waals surface area contributed by atoms with Crippen LogP contribution in [0.5, 0.6) is 11.5 Å². The van der Waals surface area contributed by atoms with Gasteiger partial charge >= 0.3 is 0 Å². The number of carbonyl (C=O) groups is 1. The molecule has 1 aromatic heterocycles. The van der Waals surface area contributed by atoms with Gasteiger partial charge < -0.3 is 14.0 Å². The summed E-state index contributed by atoms with van der Waals surface area (Å²) >= 11 is 0. The fourth-order valence-corrected chi connectivity index (χ4v) is 4.55. The summed E-state index contributed by atoms with van der Waals surface area (Å²) in [5.74, 6) is 0.938. The van der Waals surface area contributed by atoms with E-state index >= 15 is 0 Å². The van der Waals surface area contributed by atoms with Crippen molar-refractivity contribution in [3.63, 3.8) is 0 Å². The average Bonchev–Trinajstić information content (AvgIpc) is 3.38. The molecule has 40 heavy (non-hydrogen) atoms. The van der Waals surface area contributed by atoms with Gasteiger partial charge in [0.2, 0.25) is 0 Å². The first-order valence-corrected chi connectivity index (χ1v) is 13.1. The van der Waals surface area contributed by atoms with Gasteiger partial charge in [0.25, 0.3) is 5.91 Å². The van der Waals surface area contributed by atoms with E-state index in [1.165, 1.54) is 5.56 Å². The zero-order valence-electron chi connectivity index (χ0n) is 22.8. The van der Waals surface area contributed by atoms with Crippen LogP contribution in [0.1, 0.15) is 32.7 Å². The van der Waals surface area contributed by atoms with Crippen molar-refractivity contribution in [2.75, 3.05) is 7.11 Å². The number of methoxy groups -OCH3 is 1. The van der Waals surface area contributed by atoms with Crippen LogP contribution in [0.4, 0.5) is 0 Å². The Morgan fingerprint density at radius 3 is 2.40 bits per heavy atom. The SMILES string of the molecule is COc1cc(/C=N/NC(=O)c2ccc(-n3c(C)ccc3-c3ccccc3)cc2)ccc1OCc1cccc(C)c1. The van der Waals surface area contributed by atoms with Crippen molar-refractivity contribution in [3.05, 3.63) is 137 Å². The number of hydrogen-bond donors (Lipinski definition) is 1. The first-order valence-electron chi connectivity index (χ1n) is 13.1. The molecule has 0 aliphatic heterocycles. The third-order valence-corrected chi connectivity index (χ3v) is 6.58. The number of carbonyl (C=O) groups excluding carboxylic acids is 1. The summed E-state index contributed by atoms with van der Waals surface area (Å²) < 4.78 is 13.6. The van der Waals surface area contributed by atoms with Crippen LogP contribution < -0.4 is 14.9 Å². The normalized spacial score (nSPS) is 11.0. The molecule has 4 aromatic carbocycles. The molecule has 200 valence electrons. The van der Waals surface area contributed by atoms with Gasteiger partial charge in [-0.25, -0.2) is 5.43 Å². The molecule has 0 bridgehead atoms. The number of hydrazone groups is 1. The predicted molar refractivity (Wildman–Crippen MR) is 160 cm³/mol. The number of amides is 1. The molecule has 0 saturated heterocycles. The molecule has 0 atom stereocenters. The number of rotatable bonds is 9. The Morgan fingerprint density at radius 1 is 0.850 bits per heavy atom. The van der Waals surface area contributed by atoms with Gasteiger partial charge in [-0.05, 0) is 85.1 Å². The number of benzene rings is 4. The molecule has 0 aliphatic carbocycles. The van der Waals surface area contributed by atoms with Crippen molar-refractivity contribution >= 4 is 12.1 Å².